The van der Waals surface area contributed by atoms with Crippen molar-refractivity contribution < 1.29 is 100 Å². The van der Waals surface area contributed by atoms with E-state index in [2.05, 4.69) is 69.5 Å². The summed E-state index contributed by atoms with van der Waals surface area (Å²) in [5, 5.41) is 25.4. The maximum absolute atomic E-state index is 14.0. The second-order valence-electron chi connectivity index (χ2n) is 31.1. The summed E-state index contributed by atoms with van der Waals surface area (Å²) in [6.07, 6.45) is 8.81. The van der Waals surface area contributed by atoms with Crippen molar-refractivity contribution in [2.24, 2.45) is 11.7 Å². The minimum Gasteiger partial charge on any atom is -0.495 e. The number of anilines is 5. The molecule has 5 atom stereocenters. The molecule has 1 saturated carbocycles. The number of nitrogens with zero attached hydrogens (tertiary/aromatic N) is 6. The number of pyridine rings is 1. The number of fused-ring (bicyclic) bond motifs is 2. The number of aromatic nitrogens is 1. The van der Waals surface area contributed by atoms with Crippen LogP contribution in [-0.2, 0) is 89.5 Å². The average molecular weight is 1720 g/mol. The second-order valence-corrected chi connectivity index (χ2v) is 31.1. The highest BCUT2D eigenvalue weighted by molar-refractivity contribution is 6.13. The van der Waals surface area contributed by atoms with Gasteiger partial charge in [0.15, 0.2) is 5.82 Å². The quantitative estimate of drug-likeness (QED) is 0.0170. The van der Waals surface area contributed by atoms with E-state index < -0.39 is 77.7 Å². The van der Waals surface area contributed by atoms with Crippen LogP contribution in [0.1, 0.15) is 148 Å². The molecule has 2 unspecified atom stereocenters. The summed E-state index contributed by atoms with van der Waals surface area (Å²) in [6.45, 7) is 10.3. The SMILES string of the molecule is CC[C@@H]1C(=O)N(C)c2ccc(Nc3ccc(C(=O)NC4CCN(CCC(COCC#Cc5cccc6c5CN(C5CCC(=O)NC5=O)C6=O)NC(=O)OCc5ccc(NC(=O)[C@H](CCCNC(N)=O)NC(=O)[C@@H](NC(=O)CCOCCOCCOCCOCCOCCNC(=O)CCN6C(=O)C=CC6=O)C(C)C)cc5)CC4)cc3OC)nc2N1C1CCCC1. The van der Waals surface area contributed by atoms with Gasteiger partial charge in [-0.05, 0) is 129 Å². The fourth-order valence-electron chi connectivity index (χ4n) is 15.3. The number of carbonyl (C=O) groups excluding carboxylic acids is 13. The Morgan fingerprint density at radius 2 is 1.40 bits per heavy atom. The number of likely N-dealkylation sites (N-methyl/N-ethyl adjacent to an activating group) is 1. The summed E-state index contributed by atoms with van der Waals surface area (Å²) in [4.78, 5) is 181. The molecule has 14 amide bonds. The number of rotatable bonds is 48. The Balaban J connectivity index is 0.656. The van der Waals surface area contributed by atoms with E-state index in [1.54, 1.807) is 93.6 Å². The normalized spacial score (nSPS) is 17.3. The number of methoxy groups -OCH3 is 1. The highest BCUT2D eigenvalue weighted by Gasteiger charge is 2.43. The number of hydrogen-bond donors (Lipinski definition) is 10. The Bertz CT molecular complexity index is 4470. The molecule has 2 saturated heterocycles. The fraction of sp³-hybridized carbons (Fsp3) is 0.540. The lowest BCUT2D eigenvalue weighted by Gasteiger charge is -2.43. The van der Waals surface area contributed by atoms with Crippen molar-refractivity contribution in [2.45, 2.75) is 166 Å². The Hall–Kier alpha value is -11.7. The van der Waals surface area contributed by atoms with Crippen LogP contribution in [0.15, 0.2) is 84.9 Å². The first-order valence-corrected chi connectivity index (χ1v) is 42.5. The van der Waals surface area contributed by atoms with Gasteiger partial charge in [0.25, 0.3) is 23.6 Å². The highest BCUT2D eigenvalue weighted by Crippen LogP contribution is 2.42. The van der Waals surface area contributed by atoms with Crippen LogP contribution in [0, 0.1) is 17.8 Å². The van der Waals surface area contributed by atoms with Crippen molar-refractivity contribution in [1.82, 2.24) is 56.9 Å². The summed E-state index contributed by atoms with van der Waals surface area (Å²) < 4.78 is 45.3. The summed E-state index contributed by atoms with van der Waals surface area (Å²) in [7, 11) is 3.34. The van der Waals surface area contributed by atoms with E-state index in [4.69, 9.17) is 48.6 Å². The van der Waals surface area contributed by atoms with E-state index in [0.29, 0.717) is 136 Å². The molecular formula is C87H116N16O21. The van der Waals surface area contributed by atoms with Crippen molar-refractivity contribution in [1.29, 1.82) is 0 Å². The van der Waals surface area contributed by atoms with E-state index in [9.17, 15) is 62.3 Å². The van der Waals surface area contributed by atoms with Crippen molar-refractivity contribution in [3.8, 4) is 17.6 Å². The molecule has 10 rings (SSSR count). The number of ether oxygens (including phenoxy) is 8. The summed E-state index contributed by atoms with van der Waals surface area (Å²) >= 11 is 0. The first-order chi connectivity index (χ1) is 59.9. The van der Waals surface area contributed by atoms with Crippen LogP contribution in [0.4, 0.5) is 38.3 Å². The van der Waals surface area contributed by atoms with E-state index in [-0.39, 0.29) is 159 Å². The molecule has 37 heteroatoms. The van der Waals surface area contributed by atoms with E-state index in [0.717, 1.165) is 42.1 Å². The van der Waals surface area contributed by atoms with Crippen LogP contribution >= 0.6 is 0 Å². The van der Waals surface area contributed by atoms with Gasteiger partial charge in [-0.1, -0.05) is 63.7 Å². The molecule has 37 nitrogen and oxygen atoms in total. The van der Waals surface area contributed by atoms with Crippen molar-refractivity contribution in [3.05, 3.63) is 113 Å². The predicted molar refractivity (Wildman–Crippen MR) is 454 cm³/mol. The summed E-state index contributed by atoms with van der Waals surface area (Å²) in [5.41, 5.74) is 9.68. The monoisotopic (exact) mass is 1720 g/mol. The lowest BCUT2D eigenvalue weighted by Crippen LogP contribution is -2.55. The molecule has 6 heterocycles. The van der Waals surface area contributed by atoms with Crippen LogP contribution in [0.2, 0.25) is 0 Å². The zero-order valence-electron chi connectivity index (χ0n) is 71.1. The summed E-state index contributed by atoms with van der Waals surface area (Å²) in [5.74, 6) is 3.30. The molecule has 0 radical (unpaired) electrons. The second kappa shape index (κ2) is 48.4. The molecule has 4 aromatic rings. The molecular weight excluding hydrogens is 1610 g/mol. The smallest absolute Gasteiger partial charge is 0.407 e. The van der Waals surface area contributed by atoms with Crippen molar-refractivity contribution >= 4 is 106 Å². The van der Waals surface area contributed by atoms with E-state index >= 15 is 0 Å². The van der Waals surface area contributed by atoms with Gasteiger partial charge in [-0.25, -0.2) is 14.6 Å². The average Bonchev–Trinajstić information content (AvgIpc) is 1.11. The molecule has 124 heavy (non-hydrogen) atoms. The van der Waals surface area contributed by atoms with Gasteiger partial charge < -0.3 is 106 Å². The molecule has 6 aliphatic rings. The molecule has 0 bridgehead atoms. The predicted octanol–water partition coefficient (Wildman–Crippen LogP) is 3.96. The number of nitrogens with two attached hydrogens (primary N) is 1. The number of nitrogens with one attached hydrogen (secondary N) is 9. The van der Waals surface area contributed by atoms with Gasteiger partial charge in [0, 0.05) is 119 Å². The van der Waals surface area contributed by atoms with Gasteiger partial charge in [-0.3, -0.25) is 63.0 Å². The first-order valence-electron chi connectivity index (χ1n) is 42.5. The van der Waals surface area contributed by atoms with Crippen LogP contribution in [0.3, 0.4) is 0 Å². The van der Waals surface area contributed by atoms with Gasteiger partial charge >= 0.3 is 12.1 Å². The lowest BCUT2D eigenvalue weighted by atomic mass is 10.0. The maximum Gasteiger partial charge on any atom is 0.407 e. The fourth-order valence-corrected chi connectivity index (χ4v) is 15.3. The number of hydrogen-bond acceptors (Lipinski definition) is 25. The third-order valence-electron chi connectivity index (χ3n) is 22.0. The molecule has 11 N–H and O–H groups in total. The molecule has 5 aliphatic heterocycles. The molecule has 0 spiro atoms. The first kappa shape index (κ1) is 94.6. The molecule has 3 aromatic carbocycles. The van der Waals surface area contributed by atoms with Crippen molar-refractivity contribution in [3.63, 3.8) is 0 Å². The number of piperidine rings is 2. The van der Waals surface area contributed by atoms with Gasteiger partial charge in [-0.2, -0.15) is 0 Å². The van der Waals surface area contributed by atoms with Crippen LogP contribution in [-0.4, -0.2) is 272 Å². The van der Waals surface area contributed by atoms with E-state index in [1.807, 2.05) is 19.1 Å². The molecule has 3 fully saturated rings. The molecule has 1 aromatic heterocycles. The Morgan fingerprint density at radius 1 is 0.710 bits per heavy atom. The Kier molecular flexibility index (Phi) is 36.9. The molecule has 1 aliphatic carbocycles. The number of urea groups is 1. The highest BCUT2D eigenvalue weighted by atomic mass is 16.6. The lowest BCUT2D eigenvalue weighted by molar-refractivity contribution is -0.138. The minimum atomic E-state index is -1.13. The van der Waals surface area contributed by atoms with Gasteiger partial charge in [-0.15, -0.1) is 0 Å². The van der Waals surface area contributed by atoms with Crippen LogP contribution in [0.5, 0.6) is 5.75 Å². The minimum absolute atomic E-state index is 0.00190. The maximum atomic E-state index is 14.0. The number of alkyl carbamates (subject to hydrolysis) is 1. The number of imide groups is 2. The standard InChI is InChI=1S/C87H116N16O21/c1-6-68-85(114)99(4)69-24-26-72(96-79(69)103(68)63-14-7-8-15-63)94-66-23-20-59(52-71(66)117-5)80(109)91-61-30-37-100(38-31-61)39-32-62(55-123-41-11-13-58-12-9-16-64-65(58)53-102(84(64)113)70-25-27-74(105)98-82(70)111)93-87(116)124-54-57-18-21-60(22-19-57)92-81(110)67(17-10-35-90-86(88)115)95-83(112)78(56(2)3)97-75(106)34-42-118-44-46-120-48-50-122-51-49-121-47-45-119-43-36-89-73(104)33-40-101-76(107)28-29-77(101)108/h9,12,16,18-24,26,28-29,52,56,61-63,67-68,70,78H,6-8,10,14-15,17,25,27,30-51,53-55H2,1-5H3,(H,89,104)(H,91,109)(H,92,110)(H,93,116)(H,94,96)(H,95,112)(H,97,106)(H3,88,90,115)(H,98,105,111)/t62?,67-,68+,70?,78-/m0/s1. The Labute approximate surface area is 721 Å². The number of primary amides is 1. The zero-order valence-corrected chi connectivity index (χ0v) is 71.1. The number of benzene rings is 3. The number of likely N-dealkylation sites (tertiary alicyclic amines) is 1. The zero-order chi connectivity index (χ0) is 88.4. The van der Waals surface area contributed by atoms with Gasteiger partial charge in [0.05, 0.1) is 97.2 Å². The number of carbonyl (C=O) groups is 13. The third kappa shape index (κ3) is 28.2. The topological polar surface area (TPSA) is 459 Å². The van der Waals surface area contributed by atoms with E-state index in [1.165, 1.54) is 17.1 Å². The van der Waals surface area contributed by atoms with Crippen LogP contribution < -0.4 is 68.1 Å². The molecule has 670 valence electrons. The van der Waals surface area contributed by atoms with Crippen molar-refractivity contribution in [2.75, 3.05) is 153 Å². The van der Waals surface area contributed by atoms with Gasteiger partial charge in [0.2, 0.25) is 41.4 Å². The van der Waals surface area contributed by atoms with Crippen LogP contribution in [0.25, 0.3) is 0 Å². The Morgan fingerprint density at radius 3 is 2.07 bits per heavy atom. The summed E-state index contributed by atoms with van der Waals surface area (Å²) in [6, 6.07) is 16.2. The largest absolute Gasteiger partial charge is 0.495 e. The number of amides is 14. The third-order valence-corrected chi connectivity index (χ3v) is 22.0. The van der Waals surface area contributed by atoms with Gasteiger partial charge in [0.1, 0.15) is 48.9 Å².